The topological polar surface area (TPSA) is 237 Å². The maximum Gasteiger partial charge on any atom is 0.472 e. The second-order valence-electron chi connectivity index (χ2n) is 28.5. The monoisotopic (exact) mass is 1380 g/mol. The van der Waals surface area contributed by atoms with Crippen molar-refractivity contribution in [1.82, 2.24) is 0 Å². The molecule has 0 aromatic heterocycles. The number of phosphoric acid groups is 2. The molecule has 0 radical (unpaired) electrons. The van der Waals surface area contributed by atoms with Gasteiger partial charge in [0, 0.05) is 25.7 Å². The Labute approximate surface area is 575 Å². The minimum Gasteiger partial charge on any atom is -0.462 e. The summed E-state index contributed by atoms with van der Waals surface area (Å²) in [5, 5.41) is 10.6. The SMILES string of the molecule is CCCCCCCCCCCC(=O)OC[C@H](COP(=O)(O)OC[C@H](O)COP(=O)(O)OC[C@@H](COC(=O)CCCCCCCCCCCCCC(C)C)OC(=O)CCCCCCCCCCCCCCCCC(C)C)OC(=O)CCCCCCCCCCCCCC(C)C. The first-order chi connectivity index (χ1) is 45.2. The molecule has 17 nitrogen and oxygen atoms in total. The van der Waals surface area contributed by atoms with E-state index in [1.54, 1.807) is 0 Å². The number of carbonyl (C=O) groups excluding carboxylic acids is 4. The van der Waals surface area contributed by atoms with Crippen molar-refractivity contribution in [3.8, 4) is 0 Å². The number of aliphatic hydroxyl groups excluding tert-OH is 1. The molecule has 0 saturated carbocycles. The molecule has 0 amide bonds. The number of unbranched alkanes of at least 4 members (excludes halogenated alkanes) is 41. The molecule has 0 aliphatic rings. The van der Waals surface area contributed by atoms with Crippen LogP contribution in [0.3, 0.4) is 0 Å². The summed E-state index contributed by atoms with van der Waals surface area (Å²) >= 11 is 0. The number of aliphatic hydroxyl groups is 1. The quantitative estimate of drug-likeness (QED) is 0.0222. The van der Waals surface area contributed by atoms with Gasteiger partial charge >= 0.3 is 39.5 Å². The first kappa shape index (κ1) is 92.1. The van der Waals surface area contributed by atoms with Crippen LogP contribution in [0, 0.1) is 17.8 Å². The fourth-order valence-corrected chi connectivity index (χ4v) is 13.0. The van der Waals surface area contributed by atoms with Crippen LogP contribution in [0.1, 0.15) is 382 Å². The third-order valence-corrected chi connectivity index (χ3v) is 19.3. The van der Waals surface area contributed by atoms with E-state index in [1.807, 2.05) is 0 Å². The van der Waals surface area contributed by atoms with E-state index in [9.17, 15) is 43.2 Å². The molecule has 0 saturated heterocycles. The Morgan fingerprint density at radius 3 is 0.723 bits per heavy atom. The fraction of sp³-hybridized carbons (Fsp3) is 0.947. The summed E-state index contributed by atoms with van der Waals surface area (Å²) < 4.78 is 68.5. The molecule has 94 heavy (non-hydrogen) atoms. The van der Waals surface area contributed by atoms with Crippen LogP contribution in [0.2, 0.25) is 0 Å². The van der Waals surface area contributed by atoms with Crippen LogP contribution in [0.25, 0.3) is 0 Å². The number of hydrogen-bond donors (Lipinski definition) is 3. The predicted octanol–water partition coefficient (Wildman–Crippen LogP) is 21.8. The van der Waals surface area contributed by atoms with E-state index in [2.05, 4.69) is 48.5 Å². The van der Waals surface area contributed by atoms with E-state index in [-0.39, 0.29) is 25.7 Å². The van der Waals surface area contributed by atoms with Gasteiger partial charge in [-0.15, -0.1) is 0 Å². The number of hydrogen-bond acceptors (Lipinski definition) is 15. The molecule has 2 unspecified atom stereocenters. The first-order valence-electron chi connectivity index (χ1n) is 38.8. The number of carbonyl (C=O) groups is 4. The third-order valence-electron chi connectivity index (χ3n) is 17.4. The average molecular weight is 1380 g/mol. The Morgan fingerprint density at radius 2 is 0.489 bits per heavy atom. The summed E-state index contributed by atoms with van der Waals surface area (Å²) in [7, 11) is -9.91. The third kappa shape index (κ3) is 68.6. The molecule has 0 aromatic carbocycles. The highest BCUT2D eigenvalue weighted by Crippen LogP contribution is 2.45. The zero-order chi connectivity index (χ0) is 69.4. The number of esters is 4. The zero-order valence-corrected chi connectivity index (χ0v) is 63.2. The predicted molar refractivity (Wildman–Crippen MR) is 381 cm³/mol. The Balaban J connectivity index is 5.24. The maximum absolute atomic E-state index is 13.1. The molecule has 0 rings (SSSR count). The van der Waals surface area contributed by atoms with Gasteiger partial charge in [0.2, 0.25) is 0 Å². The molecule has 0 fully saturated rings. The van der Waals surface area contributed by atoms with Gasteiger partial charge in [0.05, 0.1) is 26.4 Å². The molecule has 3 N–H and O–H groups in total. The van der Waals surface area contributed by atoms with Gasteiger partial charge in [0.25, 0.3) is 0 Å². The van der Waals surface area contributed by atoms with Crippen molar-refractivity contribution in [3.63, 3.8) is 0 Å². The first-order valence-corrected chi connectivity index (χ1v) is 41.8. The minimum atomic E-state index is -4.96. The normalized spacial score (nSPS) is 14.1. The highest BCUT2D eigenvalue weighted by molar-refractivity contribution is 7.47. The van der Waals surface area contributed by atoms with Crippen molar-refractivity contribution in [2.24, 2.45) is 17.8 Å². The second kappa shape index (κ2) is 65.7. The number of rotatable bonds is 73. The molecule has 0 bridgehead atoms. The van der Waals surface area contributed by atoms with Gasteiger partial charge < -0.3 is 33.8 Å². The molecular weight excluding hydrogens is 1230 g/mol. The van der Waals surface area contributed by atoms with Gasteiger partial charge in [-0.25, -0.2) is 9.13 Å². The highest BCUT2D eigenvalue weighted by atomic mass is 31.2. The summed E-state index contributed by atoms with van der Waals surface area (Å²) in [5.41, 5.74) is 0. The van der Waals surface area contributed by atoms with Gasteiger partial charge in [-0.05, 0) is 43.4 Å². The molecule has 19 heteroatoms. The summed E-state index contributed by atoms with van der Waals surface area (Å²) in [4.78, 5) is 72.7. The van der Waals surface area contributed by atoms with Crippen LogP contribution in [-0.2, 0) is 65.4 Å². The van der Waals surface area contributed by atoms with Crippen LogP contribution in [-0.4, -0.2) is 96.7 Å². The van der Waals surface area contributed by atoms with Gasteiger partial charge in [0.15, 0.2) is 12.2 Å². The lowest BCUT2D eigenvalue weighted by Gasteiger charge is -2.21. The number of ether oxygens (including phenoxy) is 4. The van der Waals surface area contributed by atoms with E-state index >= 15 is 0 Å². The summed E-state index contributed by atoms with van der Waals surface area (Å²) in [6.45, 7) is 11.9. The molecule has 5 atom stereocenters. The Hall–Kier alpha value is -1.94. The van der Waals surface area contributed by atoms with E-state index in [4.69, 9.17) is 37.0 Å². The Kier molecular flexibility index (Phi) is 64.3. The second-order valence-corrected chi connectivity index (χ2v) is 31.4. The van der Waals surface area contributed by atoms with Crippen molar-refractivity contribution in [2.45, 2.75) is 401 Å². The van der Waals surface area contributed by atoms with Crippen molar-refractivity contribution in [1.29, 1.82) is 0 Å². The van der Waals surface area contributed by atoms with Crippen LogP contribution < -0.4 is 0 Å². The van der Waals surface area contributed by atoms with E-state index in [1.165, 1.54) is 193 Å². The Morgan fingerprint density at radius 1 is 0.287 bits per heavy atom. The Bertz CT molecular complexity index is 1840. The fourth-order valence-electron chi connectivity index (χ4n) is 11.4. The summed E-state index contributed by atoms with van der Waals surface area (Å²) in [5.74, 6) is 0.212. The smallest absolute Gasteiger partial charge is 0.462 e. The van der Waals surface area contributed by atoms with Crippen molar-refractivity contribution in [3.05, 3.63) is 0 Å². The van der Waals surface area contributed by atoms with Gasteiger partial charge in [-0.3, -0.25) is 37.3 Å². The van der Waals surface area contributed by atoms with Gasteiger partial charge in [0.1, 0.15) is 19.3 Å². The zero-order valence-electron chi connectivity index (χ0n) is 61.4. The van der Waals surface area contributed by atoms with Crippen LogP contribution in [0.5, 0.6) is 0 Å². The summed E-state index contributed by atoms with van der Waals surface area (Å²) in [6, 6.07) is 0. The van der Waals surface area contributed by atoms with Crippen molar-refractivity contribution in [2.75, 3.05) is 39.6 Å². The molecule has 0 heterocycles. The maximum atomic E-state index is 13.1. The average Bonchev–Trinajstić information content (AvgIpc) is 1.46. The molecule has 0 aliphatic heterocycles. The number of phosphoric ester groups is 2. The molecular formula is C75H146O17P2. The summed E-state index contributed by atoms with van der Waals surface area (Å²) in [6.07, 6.45) is 51.2. The molecule has 558 valence electrons. The van der Waals surface area contributed by atoms with Crippen LogP contribution >= 0.6 is 15.6 Å². The van der Waals surface area contributed by atoms with E-state index in [0.29, 0.717) is 25.7 Å². The molecule has 0 aliphatic carbocycles. The van der Waals surface area contributed by atoms with Crippen LogP contribution in [0.4, 0.5) is 0 Å². The largest absolute Gasteiger partial charge is 0.472 e. The van der Waals surface area contributed by atoms with E-state index < -0.39 is 97.5 Å². The van der Waals surface area contributed by atoms with E-state index in [0.717, 1.165) is 108 Å². The lowest BCUT2D eigenvalue weighted by molar-refractivity contribution is -0.161. The van der Waals surface area contributed by atoms with Crippen LogP contribution in [0.15, 0.2) is 0 Å². The lowest BCUT2D eigenvalue weighted by atomic mass is 10.0. The van der Waals surface area contributed by atoms with Crippen molar-refractivity contribution >= 4 is 39.5 Å². The molecule has 0 aromatic rings. The van der Waals surface area contributed by atoms with Crippen molar-refractivity contribution < 1.29 is 80.2 Å². The van der Waals surface area contributed by atoms with Gasteiger partial charge in [-0.1, -0.05) is 331 Å². The minimum absolute atomic E-state index is 0.106. The molecule has 0 spiro atoms. The lowest BCUT2D eigenvalue weighted by Crippen LogP contribution is -2.30. The highest BCUT2D eigenvalue weighted by Gasteiger charge is 2.30. The van der Waals surface area contributed by atoms with Gasteiger partial charge in [-0.2, -0.15) is 0 Å². The standard InChI is InChI=1S/C75H146O17P2/c1-8-9-10-11-12-25-35-42-49-56-72(77)85-62-70(91-75(80)59-52-45-38-31-24-18-21-28-34-41-48-55-68(6)7)64-89-93(81,82)87-60-69(76)61-88-94(83,84)90-65-71(63-86-73(78)57-50-43-36-29-23-17-20-27-33-40-47-54-67(4)5)92-74(79)58-51-44-37-30-22-16-14-13-15-19-26-32-39-46-53-66(2)3/h66-71,76H,8-65H2,1-7H3,(H,81,82)(H,83,84)/t69-,70+,71+/m0/s1.